The molecule has 3 aromatic rings. The second-order valence-electron chi connectivity index (χ2n) is 9.99. The quantitative estimate of drug-likeness (QED) is 0.215. The lowest BCUT2D eigenvalue weighted by Crippen LogP contribution is -2.34. The summed E-state index contributed by atoms with van der Waals surface area (Å²) in [6.45, 7) is 2.84. The van der Waals surface area contributed by atoms with E-state index < -0.39 is 0 Å². The summed E-state index contributed by atoms with van der Waals surface area (Å²) in [6.07, 6.45) is 3.76. The number of primary amides is 1. The van der Waals surface area contributed by atoms with E-state index in [-0.39, 0.29) is 36.3 Å². The Morgan fingerprint density at radius 3 is 2.29 bits per heavy atom. The monoisotopic (exact) mass is 514 g/mol. The molecule has 0 aromatic heterocycles. The molecular formula is C32H38N2O4. The fourth-order valence-electron chi connectivity index (χ4n) is 5.06. The van der Waals surface area contributed by atoms with Crippen LogP contribution < -0.4 is 15.8 Å². The zero-order chi connectivity index (χ0) is 26.7. The molecule has 0 spiro atoms. The molecule has 0 radical (unpaired) electrons. The summed E-state index contributed by atoms with van der Waals surface area (Å²) < 4.78 is 11.3. The predicted molar refractivity (Wildman–Crippen MR) is 149 cm³/mol. The first-order valence-corrected chi connectivity index (χ1v) is 13.6. The van der Waals surface area contributed by atoms with E-state index >= 15 is 0 Å². The Labute approximate surface area is 225 Å². The number of ether oxygens (including phenoxy) is 2. The molecule has 1 amide bonds. The fourth-order valence-corrected chi connectivity index (χ4v) is 5.06. The van der Waals surface area contributed by atoms with Gasteiger partial charge in [-0.3, -0.25) is 9.59 Å². The molecule has 0 bridgehead atoms. The molecule has 0 aliphatic heterocycles. The number of rotatable bonds is 15. The van der Waals surface area contributed by atoms with Crippen LogP contribution in [0.3, 0.4) is 0 Å². The van der Waals surface area contributed by atoms with Gasteiger partial charge in [0.15, 0.2) is 0 Å². The third kappa shape index (κ3) is 8.18. The van der Waals surface area contributed by atoms with Crippen molar-refractivity contribution in [1.29, 1.82) is 0 Å². The number of nitrogens with one attached hydrogen (secondary N) is 1. The number of esters is 1. The average Bonchev–Trinajstić information content (AvgIpc) is 3.70. The molecule has 6 nitrogen and oxygen atoms in total. The summed E-state index contributed by atoms with van der Waals surface area (Å²) in [5.41, 5.74) is 8.60. The van der Waals surface area contributed by atoms with Crippen molar-refractivity contribution in [2.24, 2.45) is 17.6 Å². The largest absolute Gasteiger partial charge is 0.494 e. The number of carbonyl (C=O) groups is 2. The van der Waals surface area contributed by atoms with Crippen molar-refractivity contribution in [3.63, 3.8) is 0 Å². The summed E-state index contributed by atoms with van der Waals surface area (Å²) in [6, 6.07) is 28.7. The molecule has 1 aliphatic rings. The Kier molecular flexibility index (Phi) is 9.93. The van der Waals surface area contributed by atoms with E-state index in [0.29, 0.717) is 19.1 Å². The van der Waals surface area contributed by atoms with Gasteiger partial charge in [0.05, 0.1) is 31.6 Å². The minimum Gasteiger partial charge on any atom is -0.494 e. The smallest absolute Gasteiger partial charge is 0.309 e. The minimum absolute atomic E-state index is 0.00963. The van der Waals surface area contributed by atoms with Gasteiger partial charge in [-0.2, -0.15) is 0 Å². The van der Waals surface area contributed by atoms with Crippen molar-refractivity contribution >= 4 is 11.9 Å². The highest BCUT2D eigenvalue weighted by Crippen LogP contribution is 2.43. The number of hydrogen-bond donors (Lipinski definition) is 2. The van der Waals surface area contributed by atoms with Gasteiger partial charge in [-0.25, -0.2) is 0 Å². The maximum Gasteiger partial charge on any atom is 0.309 e. The summed E-state index contributed by atoms with van der Waals surface area (Å²) in [5, 5.41) is 3.92. The lowest BCUT2D eigenvalue weighted by molar-refractivity contribution is -0.145. The Morgan fingerprint density at radius 2 is 1.66 bits per heavy atom. The highest BCUT2D eigenvalue weighted by Gasteiger charge is 2.45. The Hall–Kier alpha value is -3.64. The Morgan fingerprint density at radius 1 is 0.974 bits per heavy atom. The standard InChI is InChI=1S/C32H38N2O4/c1-2-37-32(36)29-22-26(29)21-27(16-10-18-38-28-17-9-11-23(19-28)20-30(33)35)34-31(24-12-5-3-6-13-24)25-14-7-4-8-15-25/h3-9,11-15,17,19,26-27,29,31,34H,2,10,16,18,20-22H2,1H3,(H2,33,35). The number of benzene rings is 3. The van der Waals surface area contributed by atoms with Crippen LogP contribution in [-0.4, -0.2) is 31.1 Å². The van der Waals surface area contributed by atoms with E-state index in [9.17, 15) is 9.59 Å². The molecule has 6 heteroatoms. The van der Waals surface area contributed by atoms with Crippen molar-refractivity contribution in [3.8, 4) is 5.75 Å². The molecule has 1 fully saturated rings. The van der Waals surface area contributed by atoms with Gasteiger partial charge >= 0.3 is 5.97 Å². The van der Waals surface area contributed by atoms with Crippen LogP contribution in [0.2, 0.25) is 0 Å². The van der Waals surface area contributed by atoms with Crippen LogP contribution in [-0.2, 0) is 20.7 Å². The molecule has 3 unspecified atom stereocenters. The highest BCUT2D eigenvalue weighted by atomic mass is 16.5. The van der Waals surface area contributed by atoms with Gasteiger partial charge in [-0.1, -0.05) is 72.8 Å². The molecule has 3 atom stereocenters. The van der Waals surface area contributed by atoms with E-state index in [1.165, 1.54) is 11.1 Å². The summed E-state index contributed by atoms with van der Waals surface area (Å²) in [7, 11) is 0. The van der Waals surface area contributed by atoms with Crippen LogP contribution >= 0.6 is 0 Å². The molecule has 4 rings (SSSR count). The third-order valence-electron chi connectivity index (χ3n) is 7.01. The van der Waals surface area contributed by atoms with E-state index in [0.717, 1.165) is 37.0 Å². The van der Waals surface area contributed by atoms with Crippen LogP contribution in [0.25, 0.3) is 0 Å². The predicted octanol–water partition coefficient (Wildman–Crippen LogP) is 5.21. The zero-order valence-corrected chi connectivity index (χ0v) is 22.1. The van der Waals surface area contributed by atoms with Gasteiger partial charge in [0, 0.05) is 6.04 Å². The van der Waals surface area contributed by atoms with Crippen LogP contribution in [0, 0.1) is 11.8 Å². The van der Waals surface area contributed by atoms with E-state index in [2.05, 4.69) is 53.8 Å². The first-order chi connectivity index (χ1) is 18.5. The van der Waals surface area contributed by atoms with Crippen molar-refractivity contribution in [2.45, 2.75) is 51.1 Å². The zero-order valence-electron chi connectivity index (χ0n) is 22.1. The molecule has 0 heterocycles. The number of carbonyl (C=O) groups excluding carboxylic acids is 2. The van der Waals surface area contributed by atoms with Crippen molar-refractivity contribution < 1.29 is 19.1 Å². The first kappa shape index (κ1) is 27.4. The van der Waals surface area contributed by atoms with Gasteiger partial charge in [0.1, 0.15) is 5.75 Å². The lowest BCUT2D eigenvalue weighted by Gasteiger charge is -2.27. The first-order valence-electron chi connectivity index (χ1n) is 13.6. The molecule has 200 valence electrons. The Bertz CT molecular complexity index is 1130. The van der Waals surface area contributed by atoms with E-state index in [1.54, 1.807) is 0 Å². The highest BCUT2D eigenvalue weighted by molar-refractivity contribution is 5.76. The van der Waals surface area contributed by atoms with Gasteiger partial charge in [0.25, 0.3) is 0 Å². The van der Waals surface area contributed by atoms with Crippen LogP contribution in [0.15, 0.2) is 84.9 Å². The lowest BCUT2D eigenvalue weighted by atomic mass is 9.95. The molecule has 3 aromatic carbocycles. The molecule has 3 N–H and O–H groups in total. The van der Waals surface area contributed by atoms with E-state index in [4.69, 9.17) is 15.2 Å². The van der Waals surface area contributed by atoms with E-state index in [1.807, 2.05) is 43.3 Å². The van der Waals surface area contributed by atoms with Gasteiger partial charge < -0.3 is 20.5 Å². The van der Waals surface area contributed by atoms with Gasteiger partial charge in [0.2, 0.25) is 5.91 Å². The van der Waals surface area contributed by atoms with Gasteiger partial charge in [-0.05, 0) is 67.3 Å². The molecule has 1 saturated carbocycles. The van der Waals surface area contributed by atoms with Gasteiger partial charge in [-0.15, -0.1) is 0 Å². The maximum absolute atomic E-state index is 12.3. The SMILES string of the molecule is CCOC(=O)C1CC1CC(CCCOc1cccc(CC(N)=O)c1)NC(c1ccccc1)c1ccccc1. The molecule has 1 aliphatic carbocycles. The van der Waals surface area contributed by atoms with Crippen LogP contribution in [0.4, 0.5) is 0 Å². The summed E-state index contributed by atoms with van der Waals surface area (Å²) in [5.74, 6) is 0.659. The topological polar surface area (TPSA) is 90.7 Å². The van der Waals surface area contributed by atoms with Crippen molar-refractivity contribution in [2.75, 3.05) is 13.2 Å². The van der Waals surface area contributed by atoms with Crippen molar-refractivity contribution in [3.05, 3.63) is 102 Å². The Balaban J connectivity index is 1.42. The second-order valence-corrected chi connectivity index (χ2v) is 9.99. The normalized spacial score (nSPS) is 17.1. The number of amides is 1. The minimum atomic E-state index is -0.358. The van der Waals surface area contributed by atoms with Crippen molar-refractivity contribution in [1.82, 2.24) is 5.32 Å². The number of hydrogen-bond acceptors (Lipinski definition) is 5. The molecule has 0 saturated heterocycles. The maximum atomic E-state index is 12.3. The van der Waals surface area contributed by atoms with Crippen LogP contribution in [0.1, 0.15) is 55.3 Å². The summed E-state index contributed by atoms with van der Waals surface area (Å²) >= 11 is 0. The fraction of sp³-hybridized carbons (Fsp3) is 0.375. The third-order valence-corrected chi connectivity index (χ3v) is 7.01. The van der Waals surface area contributed by atoms with Crippen LogP contribution in [0.5, 0.6) is 5.75 Å². The number of nitrogens with two attached hydrogens (primary N) is 1. The average molecular weight is 515 g/mol. The molecular weight excluding hydrogens is 476 g/mol. The molecule has 38 heavy (non-hydrogen) atoms. The summed E-state index contributed by atoms with van der Waals surface area (Å²) in [4.78, 5) is 23.5. The second kappa shape index (κ2) is 13.8.